The fourth-order valence-corrected chi connectivity index (χ4v) is 6.48. The SMILES string of the molecule is Cc1cccc(O)c1CNC(=O)[C@H]1N(C(=O)[C@@H](O)[C@H](CCc2ccccc2)NC(=O)c2cccc(O)c2C)CSC1(C)C. The van der Waals surface area contributed by atoms with Crippen molar-refractivity contribution in [3.05, 3.63) is 94.5 Å². The van der Waals surface area contributed by atoms with Gasteiger partial charge in [-0.05, 0) is 69.9 Å². The van der Waals surface area contributed by atoms with Crippen LogP contribution in [0.1, 0.15) is 52.9 Å². The second kappa shape index (κ2) is 13.5. The molecule has 3 atom stereocenters. The van der Waals surface area contributed by atoms with Crippen LogP contribution in [0.2, 0.25) is 0 Å². The summed E-state index contributed by atoms with van der Waals surface area (Å²) in [7, 11) is 0. The second-order valence-corrected chi connectivity index (χ2v) is 13.0. The first kappa shape index (κ1) is 31.9. The highest BCUT2D eigenvalue weighted by molar-refractivity contribution is 8.00. The number of phenolic OH excluding ortho intramolecular Hbond substituents is 2. The molecule has 1 fully saturated rings. The highest BCUT2D eigenvalue weighted by Gasteiger charge is 2.49. The van der Waals surface area contributed by atoms with Gasteiger partial charge in [0, 0.05) is 28.0 Å². The molecule has 0 radical (unpaired) electrons. The molecule has 1 saturated heterocycles. The molecular weight excluding hydrogens is 566 g/mol. The highest BCUT2D eigenvalue weighted by atomic mass is 32.2. The van der Waals surface area contributed by atoms with Crippen LogP contribution >= 0.6 is 11.8 Å². The summed E-state index contributed by atoms with van der Waals surface area (Å²) in [4.78, 5) is 42.1. The number of rotatable bonds is 10. The van der Waals surface area contributed by atoms with Crippen LogP contribution < -0.4 is 10.6 Å². The lowest BCUT2D eigenvalue weighted by molar-refractivity contribution is -0.147. The molecule has 0 aromatic heterocycles. The van der Waals surface area contributed by atoms with Gasteiger partial charge in [-0.3, -0.25) is 14.4 Å². The van der Waals surface area contributed by atoms with Gasteiger partial charge in [0.25, 0.3) is 11.8 Å². The molecule has 1 aliphatic heterocycles. The first-order valence-electron chi connectivity index (χ1n) is 14.2. The number of benzene rings is 3. The Hall–Kier alpha value is -4.02. The van der Waals surface area contributed by atoms with Crippen molar-refractivity contribution in [1.29, 1.82) is 0 Å². The minimum atomic E-state index is -1.63. The van der Waals surface area contributed by atoms with Gasteiger partial charge >= 0.3 is 0 Å². The zero-order chi connectivity index (χ0) is 31.3. The average molecular weight is 606 g/mol. The zero-order valence-corrected chi connectivity index (χ0v) is 25.6. The Morgan fingerprint density at radius 1 is 0.977 bits per heavy atom. The number of amides is 3. The molecule has 0 saturated carbocycles. The lowest BCUT2D eigenvalue weighted by atomic mass is 9.96. The van der Waals surface area contributed by atoms with Crippen molar-refractivity contribution in [3.63, 3.8) is 0 Å². The van der Waals surface area contributed by atoms with Gasteiger partial charge in [-0.15, -0.1) is 11.8 Å². The third-order valence-corrected chi connectivity index (χ3v) is 9.36. The molecule has 3 aromatic carbocycles. The summed E-state index contributed by atoms with van der Waals surface area (Å²) < 4.78 is -0.658. The van der Waals surface area contributed by atoms with Gasteiger partial charge in [-0.25, -0.2) is 0 Å². The molecule has 4 rings (SSSR count). The number of carbonyl (C=O) groups excluding carboxylic acids is 3. The van der Waals surface area contributed by atoms with Crippen molar-refractivity contribution in [2.24, 2.45) is 0 Å². The molecule has 1 heterocycles. The van der Waals surface area contributed by atoms with Crippen molar-refractivity contribution in [2.75, 3.05) is 5.88 Å². The minimum Gasteiger partial charge on any atom is -0.508 e. The van der Waals surface area contributed by atoms with Crippen LogP contribution in [0.15, 0.2) is 66.7 Å². The summed E-state index contributed by atoms with van der Waals surface area (Å²) in [6, 6.07) is 17.4. The Morgan fingerprint density at radius 2 is 1.65 bits per heavy atom. The zero-order valence-electron chi connectivity index (χ0n) is 24.8. The number of nitrogens with one attached hydrogen (secondary N) is 2. The van der Waals surface area contributed by atoms with Gasteiger partial charge in [0.1, 0.15) is 17.5 Å². The Bertz CT molecular complexity index is 1460. The first-order chi connectivity index (χ1) is 20.4. The molecule has 0 spiro atoms. The smallest absolute Gasteiger partial charge is 0.254 e. The second-order valence-electron chi connectivity index (χ2n) is 11.4. The molecule has 1 aliphatic rings. The van der Waals surface area contributed by atoms with E-state index in [1.165, 1.54) is 22.7 Å². The van der Waals surface area contributed by atoms with E-state index < -0.39 is 40.7 Å². The molecule has 3 amide bonds. The van der Waals surface area contributed by atoms with E-state index in [4.69, 9.17) is 0 Å². The van der Waals surface area contributed by atoms with Crippen molar-refractivity contribution >= 4 is 29.5 Å². The Balaban J connectivity index is 1.55. The molecular formula is C33H39N3O6S. The summed E-state index contributed by atoms with van der Waals surface area (Å²) in [5, 5.41) is 37.5. The maximum atomic E-state index is 13.9. The van der Waals surface area contributed by atoms with Crippen LogP contribution in [-0.4, -0.2) is 66.8 Å². The topological polar surface area (TPSA) is 139 Å². The first-order valence-corrected chi connectivity index (χ1v) is 15.2. The quantitative estimate of drug-likeness (QED) is 0.237. The fraction of sp³-hybridized carbons (Fsp3) is 0.364. The molecule has 10 heteroatoms. The molecule has 0 aliphatic carbocycles. The van der Waals surface area contributed by atoms with Crippen LogP contribution in [-0.2, 0) is 22.6 Å². The van der Waals surface area contributed by atoms with Crippen LogP contribution in [0.4, 0.5) is 0 Å². The van der Waals surface area contributed by atoms with E-state index in [0.29, 0.717) is 17.5 Å². The highest BCUT2D eigenvalue weighted by Crippen LogP contribution is 2.40. The van der Waals surface area contributed by atoms with E-state index in [1.54, 1.807) is 31.2 Å². The maximum Gasteiger partial charge on any atom is 0.254 e. The fourth-order valence-electron chi connectivity index (χ4n) is 5.34. The van der Waals surface area contributed by atoms with Gasteiger partial charge in [0.05, 0.1) is 11.9 Å². The number of carbonyl (C=O) groups is 3. The monoisotopic (exact) mass is 605 g/mol. The van der Waals surface area contributed by atoms with Crippen LogP contribution in [0, 0.1) is 13.8 Å². The predicted octanol–water partition coefficient (Wildman–Crippen LogP) is 3.80. The normalized spacial score (nSPS) is 17.2. The van der Waals surface area contributed by atoms with E-state index in [9.17, 15) is 29.7 Å². The van der Waals surface area contributed by atoms with Crippen LogP contribution in [0.25, 0.3) is 0 Å². The summed E-state index contributed by atoms with van der Waals surface area (Å²) in [6.45, 7) is 7.27. The van der Waals surface area contributed by atoms with Gasteiger partial charge in [-0.1, -0.05) is 48.5 Å². The predicted molar refractivity (Wildman–Crippen MR) is 167 cm³/mol. The Kier molecular flexibility index (Phi) is 10.0. The van der Waals surface area contributed by atoms with Gasteiger partial charge in [-0.2, -0.15) is 0 Å². The molecule has 9 nitrogen and oxygen atoms in total. The number of hydrogen-bond donors (Lipinski definition) is 5. The van der Waals surface area contributed by atoms with Gasteiger partial charge < -0.3 is 30.9 Å². The molecule has 0 unspecified atom stereocenters. The average Bonchev–Trinajstić information content (AvgIpc) is 3.30. The largest absolute Gasteiger partial charge is 0.508 e. The maximum absolute atomic E-state index is 13.9. The number of aliphatic hydroxyl groups is 1. The molecule has 3 aromatic rings. The number of thioether (sulfide) groups is 1. The molecule has 5 N–H and O–H groups in total. The van der Waals surface area contributed by atoms with E-state index >= 15 is 0 Å². The van der Waals surface area contributed by atoms with Crippen molar-refractivity contribution in [1.82, 2.24) is 15.5 Å². The van der Waals surface area contributed by atoms with E-state index in [2.05, 4.69) is 10.6 Å². The van der Waals surface area contributed by atoms with Gasteiger partial charge in [0.2, 0.25) is 5.91 Å². The molecule has 0 bridgehead atoms. The third kappa shape index (κ3) is 7.32. The third-order valence-electron chi connectivity index (χ3n) is 7.99. The number of nitrogens with zero attached hydrogens (tertiary/aromatic N) is 1. The standard InChI is InChI=1S/C33H39N3O6S/c1-20-10-8-15-27(38)24(20)18-34-31(41)29-33(3,4)43-19-36(29)32(42)28(39)25(17-16-22-11-6-5-7-12-22)35-30(40)23-13-9-14-26(37)21(23)2/h5-15,25,28-29,37-39H,16-19H2,1-4H3,(H,34,41)(H,35,40)/t25-,28-,29+/m0/s1. The number of phenols is 2. The van der Waals surface area contributed by atoms with Crippen molar-refractivity contribution in [3.8, 4) is 11.5 Å². The van der Waals surface area contributed by atoms with E-state index in [1.807, 2.05) is 57.2 Å². The lowest BCUT2D eigenvalue weighted by Crippen LogP contribution is -2.58. The molecule has 43 heavy (non-hydrogen) atoms. The number of aliphatic hydroxyl groups excluding tert-OH is 1. The summed E-state index contributed by atoms with van der Waals surface area (Å²) >= 11 is 1.42. The lowest BCUT2D eigenvalue weighted by Gasteiger charge is -2.33. The summed E-state index contributed by atoms with van der Waals surface area (Å²) in [5.41, 5.74) is 3.01. The summed E-state index contributed by atoms with van der Waals surface area (Å²) in [5.74, 6) is -1.37. The van der Waals surface area contributed by atoms with E-state index in [-0.39, 0.29) is 35.9 Å². The van der Waals surface area contributed by atoms with E-state index in [0.717, 1.165) is 11.1 Å². The number of aromatic hydroxyl groups is 2. The Labute approximate surface area is 256 Å². The number of aryl methyl sites for hydroxylation is 2. The van der Waals surface area contributed by atoms with Crippen molar-refractivity contribution in [2.45, 2.75) is 70.0 Å². The molecule has 228 valence electrons. The van der Waals surface area contributed by atoms with Gasteiger partial charge in [0.15, 0.2) is 6.10 Å². The Morgan fingerprint density at radius 3 is 2.35 bits per heavy atom. The van der Waals surface area contributed by atoms with Crippen LogP contribution in [0.3, 0.4) is 0 Å². The van der Waals surface area contributed by atoms with Crippen molar-refractivity contribution < 1.29 is 29.7 Å². The van der Waals surface area contributed by atoms with Crippen LogP contribution in [0.5, 0.6) is 11.5 Å². The number of hydrogen-bond acceptors (Lipinski definition) is 7. The summed E-state index contributed by atoms with van der Waals surface area (Å²) in [6.07, 6.45) is -0.886. The minimum absolute atomic E-state index is 0.0331.